The predicted molar refractivity (Wildman–Crippen MR) is 103 cm³/mol. The third-order valence-electron chi connectivity index (χ3n) is 5.18. The molecule has 6 nitrogen and oxygen atoms in total. The van der Waals surface area contributed by atoms with E-state index in [1.54, 1.807) is 11.8 Å². The first-order valence-corrected chi connectivity index (χ1v) is 10.7. The fourth-order valence-corrected chi connectivity index (χ4v) is 4.46. The summed E-state index contributed by atoms with van der Waals surface area (Å²) < 4.78 is 1.94. The Hall–Kier alpha value is -1.34. The highest BCUT2D eigenvalue weighted by molar-refractivity contribution is 7.99. The lowest BCUT2D eigenvalue weighted by atomic mass is 9.96. The minimum absolute atomic E-state index is 0.747. The van der Waals surface area contributed by atoms with Gasteiger partial charge >= 0.3 is 0 Å². The van der Waals surface area contributed by atoms with E-state index in [9.17, 15) is 0 Å². The van der Waals surface area contributed by atoms with Crippen LogP contribution in [0.3, 0.4) is 0 Å². The van der Waals surface area contributed by atoms with Gasteiger partial charge in [-0.1, -0.05) is 25.1 Å². The average molecular weight is 361 g/mol. The van der Waals surface area contributed by atoms with Crippen LogP contribution in [0.1, 0.15) is 50.3 Å². The molecule has 0 bridgehead atoms. The predicted octanol–water partition coefficient (Wildman–Crippen LogP) is 3.01. The van der Waals surface area contributed by atoms with Gasteiger partial charge in [0.05, 0.1) is 5.69 Å². The van der Waals surface area contributed by atoms with Gasteiger partial charge in [-0.05, 0) is 57.4 Å². The molecule has 0 spiro atoms. The Bertz CT molecular complexity index is 722. The van der Waals surface area contributed by atoms with E-state index >= 15 is 0 Å². The molecule has 0 aromatic carbocycles. The number of rotatable bonds is 6. The SMILES string of the molecule is CCSc1nc2nc3c(c(NCCN4CCCCC4)n2n1)CCCC3. The molecule has 2 aromatic rings. The zero-order chi connectivity index (χ0) is 17.1. The van der Waals surface area contributed by atoms with Gasteiger partial charge in [-0.3, -0.25) is 0 Å². The Labute approximate surface area is 153 Å². The lowest BCUT2D eigenvalue weighted by molar-refractivity contribution is 0.237. The molecule has 7 heteroatoms. The smallest absolute Gasteiger partial charge is 0.255 e. The number of nitrogens with zero attached hydrogens (tertiary/aromatic N) is 5. The van der Waals surface area contributed by atoms with Crippen LogP contribution in [-0.4, -0.2) is 56.4 Å². The summed E-state index contributed by atoms with van der Waals surface area (Å²) in [4.78, 5) is 12.0. The first-order valence-electron chi connectivity index (χ1n) is 9.72. The van der Waals surface area contributed by atoms with E-state index in [0.717, 1.165) is 48.4 Å². The van der Waals surface area contributed by atoms with Crippen molar-refractivity contribution < 1.29 is 0 Å². The number of fused-ring (bicyclic) bond motifs is 2. The zero-order valence-electron chi connectivity index (χ0n) is 15.1. The number of aryl methyl sites for hydroxylation is 1. The van der Waals surface area contributed by atoms with Crippen LogP contribution in [0.4, 0.5) is 5.82 Å². The van der Waals surface area contributed by atoms with Crippen LogP contribution in [0.2, 0.25) is 0 Å². The monoisotopic (exact) mass is 360 g/mol. The van der Waals surface area contributed by atoms with Gasteiger partial charge in [0.15, 0.2) is 0 Å². The molecule has 0 unspecified atom stereocenters. The van der Waals surface area contributed by atoms with Crippen molar-refractivity contribution in [2.45, 2.75) is 57.0 Å². The summed E-state index contributed by atoms with van der Waals surface area (Å²) in [5.74, 6) is 2.86. The van der Waals surface area contributed by atoms with Crippen LogP contribution in [0.15, 0.2) is 5.16 Å². The normalized spacial score (nSPS) is 18.4. The summed E-state index contributed by atoms with van der Waals surface area (Å²) in [6.45, 7) is 6.68. The summed E-state index contributed by atoms with van der Waals surface area (Å²) in [6, 6.07) is 0. The fourth-order valence-electron chi connectivity index (χ4n) is 3.91. The van der Waals surface area contributed by atoms with Crippen molar-refractivity contribution in [1.82, 2.24) is 24.5 Å². The molecule has 0 radical (unpaired) electrons. The van der Waals surface area contributed by atoms with Gasteiger partial charge in [0, 0.05) is 18.7 Å². The van der Waals surface area contributed by atoms with E-state index in [2.05, 4.69) is 22.1 Å². The molecule has 0 amide bonds. The molecule has 2 aromatic heterocycles. The number of hydrogen-bond acceptors (Lipinski definition) is 6. The molecule has 1 fully saturated rings. The van der Waals surface area contributed by atoms with Crippen molar-refractivity contribution in [2.75, 3.05) is 37.2 Å². The molecular formula is C18H28N6S. The minimum Gasteiger partial charge on any atom is -0.368 e. The number of likely N-dealkylation sites (tertiary alicyclic amines) is 1. The molecule has 3 heterocycles. The van der Waals surface area contributed by atoms with Gasteiger partial charge in [0.1, 0.15) is 5.82 Å². The van der Waals surface area contributed by atoms with E-state index in [4.69, 9.17) is 10.1 Å². The van der Waals surface area contributed by atoms with Gasteiger partial charge in [0.2, 0.25) is 5.16 Å². The molecule has 1 saturated heterocycles. The Morgan fingerprint density at radius 2 is 1.88 bits per heavy atom. The highest BCUT2D eigenvalue weighted by Crippen LogP contribution is 2.28. The molecule has 1 aliphatic carbocycles. The maximum atomic E-state index is 4.80. The first-order chi connectivity index (χ1) is 12.3. The van der Waals surface area contributed by atoms with Crippen molar-refractivity contribution in [1.29, 1.82) is 0 Å². The van der Waals surface area contributed by atoms with E-state index < -0.39 is 0 Å². The van der Waals surface area contributed by atoms with E-state index in [1.807, 2.05) is 4.52 Å². The fraction of sp³-hybridized carbons (Fsp3) is 0.722. The molecule has 25 heavy (non-hydrogen) atoms. The van der Waals surface area contributed by atoms with Gasteiger partial charge in [-0.15, -0.1) is 5.10 Å². The molecular weight excluding hydrogens is 332 g/mol. The van der Waals surface area contributed by atoms with Crippen LogP contribution in [0.25, 0.3) is 5.78 Å². The maximum absolute atomic E-state index is 4.80. The van der Waals surface area contributed by atoms with Gasteiger partial charge in [-0.2, -0.15) is 9.50 Å². The van der Waals surface area contributed by atoms with E-state index in [0.29, 0.717) is 0 Å². The van der Waals surface area contributed by atoms with Crippen LogP contribution >= 0.6 is 11.8 Å². The average Bonchev–Trinajstić information content (AvgIpc) is 3.04. The topological polar surface area (TPSA) is 58.4 Å². The van der Waals surface area contributed by atoms with Crippen LogP contribution in [0, 0.1) is 0 Å². The molecule has 1 aliphatic heterocycles. The lowest BCUT2D eigenvalue weighted by Crippen LogP contribution is -2.34. The highest BCUT2D eigenvalue weighted by Gasteiger charge is 2.21. The summed E-state index contributed by atoms with van der Waals surface area (Å²) in [5.41, 5.74) is 2.58. The number of nitrogens with one attached hydrogen (secondary N) is 1. The van der Waals surface area contributed by atoms with Crippen molar-refractivity contribution in [2.24, 2.45) is 0 Å². The van der Waals surface area contributed by atoms with E-state index in [-0.39, 0.29) is 0 Å². The minimum atomic E-state index is 0.747. The zero-order valence-corrected chi connectivity index (χ0v) is 15.9. The highest BCUT2D eigenvalue weighted by atomic mass is 32.2. The quantitative estimate of drug-likeness (QED) is 0.799. The van der Waals surface area contributed by atoms with Crippen molar-refractivity contribution in [3.8, 4) is 0 Å². The molecule has 2 aliphatic rings. The molecule has 136 valence electrons. The second-order valence-corrected chi connectivity index (χ2v) is 8.19. The Balaban J connectivity index is 1.57. The summed E-state index contributed by atoms with van der Waals surface area (Å²) in [7, 11) is 0. The summed E-state index contributed by atoms with van der Waals surface area (Å²) in [6.07, 6.45) is 8.71. The number of aromatic nitrogens is 4. The van der Waals surface area contributed by atoms with Gasteiger partial charge in [0.25, 0.3) is 5.78 Å². The van der Waals surface area contributed by atoms with Crippen molar-refractivity contribution in [3.05, 3.63) is 11.3 Å². The van der Waals surface area contributed by atoms with Crippen LogP contribution < -0.4 is 5.32 Å². The molecule has 1 N–H and O–H groups in total. The van der Waals surface area contributed by atoms with Gasteiger partial charge < -0.3 is 10.2 Å². The lowest BCUT2D eigenvalue weighted by Gasteiger charge is -2.27. The second kappa shape index (κ2) is 7.91. The molecule has 4 rings (SSSR count). The largest absolute Gasteiger partial charge is 0.368 e. The first kappa shape index (κ1) is 17.1. The number of anilines is 1. The van der Waals surface area contributed by atoms with E-state index in [1.165, 1.54) is 56.5 Å². The standard InChI is InChI=1S/C18H28N6S/c1-2-25-18-21-17-20-15-9-5-4-8-14(15)16(24(17)22-18)19-10-13-23-11-6-3-7-12-23/h19H,2-13H2,1H3. The molecule has 0 saturated carbocycles. The molecule has 0 atom stereocenters. The number of piperidine rings is 1. The Morgan fingerprint density at radius 3 is 2.72 bits per heavy atom. The summed E-state index contributed by atoms with van der Waals surface area (Å²) in [5, 5.41) is 9.22. The summed E-state index contributed by atoms with van der Waals surface area (Å²) >= 11 is 1.68. The number of hydrogen-bond donors (Lipinski definition) is 1. The van der Waals surface area contributed by atoms with Crippen molar-refractivity contribution >= 4 is 23.4 Å². The van der Waals surface area contributed by atoms with Crippen LogP contribution in [-0.2, 0) is 12.8 Å². The Kier molecular flexibility index (Phi) is 5.41. The third-order valence-corrected chi connectivity index (χ3v) is 5.90. The van der Waals surface area contributed by atoms with Crippen molar-refractivity contribution in [3.63, 3.8) is 0 Å². The maximum Gasteiger partial charge on any atom is 0.255 e. The number of thioether (sulfide) groups is 1. The second-order valence-electron chi connectivity index (χ2n) is 6.96. The third kappa shape index (κ3) is 3.77. The van der Waals surface area contributed by atoms with Crippen LogP contribution in [0.5, 0.6) is 0 Å². The Morgan fingerprint density at radius 1 is 1.04 bits per heavy atom. The van der Waals surface area contributed by atoms with Gasteiger partial charge in [-0.25, -0.2) is 4.98 Å².